The number of rotatable bonds is 4. The summed E-state index contributed by atoms with van der Waals surface area (Å²) in [6.07, 6.45) is 6.28. The van der Waals surface area contributed by atoms with Gasteiger partial charge < -0.3 is 14.6 Å². The van der Waals surface area contributed by atoms with Crippen molar-refractivity contribution in [2.24, 2.45) is 0 Å². The van der Waals surface area contributed by atoms with Gasteiger partial charge in [-0.25, -0.2) is 14.4 Å². The van der Waals surface area contributed by atoms with Crippen LogP contribution in [0.5, 0.6) is 0 Å². The van der Waals surface area contributed by atoms with Gasteiger partial charge in [0.1, 0.15) is 6.17 Å². The Hall–Kier alpha value is -1.77. The third kappa shape index (κ3) is 4.25. The summed E-state index contributed by atoms with van der Waals surface area (Å²) in [7, 11) is -0.388. The van der Waals surface area contributed by atoms with E-state index in [2.05, 4.69) is 49.0 Å². The fraction of sp³-hybridized carbons (Fsp3) is 0.667. The molecular formula is C24H34BFN4O2. The van der Waals surface area contributed by atoms with E-state index in [9.17, 15) is 4.39 Å². The first-order valence-corrected chi connectivity index (χ1v) is 12.0. The molecule has 3 heterocycles. The second-order valence-electron chi connectivity index (χ2n) is 10.6. The fourth-order valence-electron chi connectivity index (χ4n) is 5.09. The molecule has 6 nitrogen and oxygen atoms in total. The molecule has 1 N–H and O–H groups in total. The highest BCUT2D eigenvalue weighted by Gasteiger charge is 2.51. The predicted molar refractivity (Wildman–Crippen MR) is 126 cm³/mol. The molecule has 5 rings (SSSR count). The number of fused-ring (bicyclic) bond motifs is 1. The Balaban J connectivity index is 1.22. The third-order valence-corrected chi connectivity index (χ3v) is 7.84. The number of hydrogen-bond donors (Lipinski definition) is 1. The largest absolute Gasteiger partial charge is 0.494 e. The molecule has 2 aromatic rings. The summed E-state index contributed by atoms with van der Waals surface area (Å²) in [5.74, 6) is 0.675. The molecule has 2 aliphatic heterocycles. The van der Waals surface area contributed by atoms with Gasteiger partial charge in [0, 0.05) is 36.8 Å². The van der Waals surface area contributed by atoms with Gasteiger partial charge >= 0.3 is 7.12 Å². The Morgan fingerprint density at radius 2 is 1.78 bits per heavy atom. The number of likely N-dealkylation sites (tertiary alicyclic amines) is 1. The Bertz CT molecular complexity index is 964. The lowest BCUT2D eigenvalue weighted by Gasteiger charge is -2.34. The van der Waals surface area contributed by atoms with E-state index in [1.54, 1.807) is 0 Å². The topological polar surface area (TPSA) is 59.5 Å². The van der Waals surface area contributed by atoms with Gasteiger partial charge in [0.2, 0.25) is 5.95 Å². The molecule has 172 valence electrons. The molecule has 3 fully saturated rings. The summed E-state index contributed by atoms with van der Waals surface area (Å²) in [5.41, 5.74) is 1.16. The molecule has 2 saturated heterocycles. The molecule has 0 amide bonds. The van der Waals surface area contributed by atoms with Gasteiger partial charge in [0.25, 0.3) is 0 Å². The number of alkyl halides is 1. The van der Waals surface area contributed by atoms with Crippen LogP contribution in [0.2, 0.25) is 0 Å². The number of benzene rings is 1. The Morgan fingerprint density at radius 3 is 2.44 bits per heavy atom. The third-order valence-electron chi connectivity index (χ3n) is 7.84. The standard InChI is InChI=1S/C24H34BFN4O2/c1-23(2)24(3,4)32-25(31-23)17-5-10-21-16(13-17)14-27-22(29-21)28-19-6-8-20(9-7-19)30-12-11-18(26)15-30/h5,10,13-14,18-20H,6-9,11-12,15H2,1-4H3,(H,27,28,29). The van der Waals surface area contributed by atoms with E-state index in [1.165, 1.54) is 0 Å². The van der Waals surface area contributed by atoms with Crippen molar-refractivity contribution < 1.29 is 13.7 Å². The average Bonchev–Trinajstić information content (AvgIpc) is 3.28. The van der Waals surface area contributed by atoms with Crippen LogP contribution in [0.4, 0.5) is 10.3 Å². The van der Waals surface area contributed by atoms with Crippen LogP contribution in [0.15, 0.2) is 24.4 Å². The summed E-state index contributed by atoms with van der Waals surface area (Å²) < 4.78 is 25.9. The minimum atomic E-state index is -0.637. The van der Waals surface area contributed by atoms with Gasteiger partial charge in [-0.3, -0.25) is 4.90 Å². The molecule has 8 heteroatoms. The maximum absolute atomic E-state index is 13.5. The molecule has 1 aromatic heterocycles. The quantitative estimate of drug-likeness (QED) is 0.732. The minimum Gasteiger partial charge on any atom is -0.399 e. The molecule has 0 radical (unpaired) electrons. The highest BCUT2D eigenvalue weighted by atomic mass is 19.1. The first-order chi connectivity index (χ1) is 15.2. The summed E-state index contributed by atoms with van der Waals surface area (Å²) in [5, 5.41) is 4.49. The SMILES string of the molecule is CC1(C)OB(c2ccc3nc(NC4CCC(N5CCC(F)C5)CC4)ncc3c2)OC1(C)C. The van der Waals surface area contributed by atoms with Gasteiger partial charge in [0.15, 0.2) is 0 Å². The van der Waals surface area contributed by atoms with Crippen LogP contribution >= 0.6 is 0 Å². The van der Waals surface area contributed by atoms with Gasteiger partial charge in [-0.05, 0) is 71.3 Å². The van der Waals surface area contributed by atoms with Crippen LogP contribution in [0, 0.1) is 0 Å². The summed E-state index contributed by atoms with van der Waals surface area (Å²) in [4.78, 5) is 11.6. The van der Waals surface area contributed by atoms with Crippen molar-refractivity contribution in [2.45, 2.75) is 89.3 Å². The van der Waals surface area contributed by atoms with Crippen molar-refractivity contribution in [2.75, 3.05) is 18.4 Å². The average molecular weight is 440 g/mol. The van der Waals surface area contributed by atoms with E-state index in [0.717, 1.165) is 48.6 Å². The van der Waals surface area contributed by atoms with Gasteiger partial charge in [-0.1, -0.05) is 12.1 Å². The maximum Gasteiger partial charge on any atom is 0.494 e. The summed E-state index contributed by atoms with van der Waals surface area (Å²) in [6.45, 7) is 9.77. The predicted octanol–water partition coefficient (Wildman–Crippen LogP) is 3.70. The fourth-order valence-corrected chi connectivity index (χ4v) is 5.09. The molecule has 1 atom stereocenters. The Morgan fingerprint density at radius 1 is 1.06 bits per heavy atom. The van der Waals surface area contributed by atoms with Crippen molar-refractivity contribution in [1.29, 1.82) is 0 Å². The van der Waals surface area contributed by atoms with Crippen molar-refractivity contribution in [3.8, 4) is 0 Å². The van der Waals surface area contributed by atoms with Gasteiger partial charge in [-0.15, -0.1) is 0 Å². The van der Waals surface area contributed by atoms with Crippen LogP contribution in [0.3, 0.4) is 0 Å². The number of halogens is 1. The van der Waals surface area contributed by atoms with Crippen LogP contribution < -0.4 is 10.8 Å². The van der Waals surface area contributed by atoms with E-state index in [1.807, 2.05) is 18.3 Å². The van der Waals surface area contributed by atoms with Gasteiger partial charge in [0.05, 0.1) is 16.7 Å². The van der Waals surface area contributed by atoms with Gasteiger partial charge in [-0.2, -0.15) is 0 Å². The minimum absolute atomic E-state index is 0.363. The second-order valence-corrected chi connectivity index (χ2v) is 10.6. The number of aromatic nitrogens is 2. The molecule has 32 heavy (non-hydrogen) atoms. The zero-order chi connectivity index (χ0) is 22.5. The normalized spacial score (nSPS) is 30.2. The monoisotopic (exact) mass is 440 g/mol. The van der Waals surface area contributed by atoms with E-state index in [4.69, 9.17) is 14.3 Å². The molecule has 1 aliphatic carbocycles. The van der Waals surface area contributed by atoms with Crippen LogP contribution in [0.1, 0.15) is 59.8 Å². The molecule has 1 aromatic carbocycles. The highest BCUT2D eigenvalue weighted by Crippen LogP contribution is 2.36. The van der Waals surface area contributed by atoms with Crippen LogP contribution in [-0.4, -0.2) is 64.5 Å². The molecule has 0 spiro atoms. The number of hydrogen-bond acceptors (Lipinski definition) is 6. The van der Waals surface area contributed by atoms with Crippen LogP contribution in [0.25, 0.3) is 10.9 Å². The molecule has 0 bridgehead atoms. The number of nitrogens with zero attached hydrogens (tertiary/aromatic N) is 3. The second kappa shape index (κ2) is 8.22. The molecule has 3 aliphatic rings. The maximum atomic E-state index is 13.5. The highest BCUT2D eigenvalue weighted by molar-refractivity contribution is 6.62. The lowest BCUT2D eigenvalue weighted by atomic mass is 9.78. The zero-order valence-electron chi connectivity index (χ0n) is 19.6. The lowest BCUT2D eigenvalue weighted by Crippen LogP contribution is -2.41. The Kier molecular flexibility index (Phi) is 5.67. The molecule has 1 saturated carbocycles. The van der Waals surface area contributed by atoms with Crippen molar-refractivity contribution in [1.82, 2.24) is 14.9 Å². The molecular weight excluding hydrogens is 406 g/mol. The molecule has 1 unspecified atom stereocenters. The first-order valence-electron chi connectivity index (χ1n) is 12.0. The van der Waals surface area contributed by atoms with Crippen molar-refractivity contribution in [3.05, 3.63) is 24.4 Å². The number of anilines is 1. The smallest absolute Gasteiger partial charge is 0.399 e. The lowest BCUT2D eigenvalue weighted by molar-refractivity contribution is 0.00578. The summed E-state index contributed by atoms with van der Waals surface area (Å²) >= 11 is 0. The van der Waals surface area contributed by atoms with E-state index < -0.39 is 6.17 Å². The van der Waals surface area contributed by atoms with E-state index in [0.29, 0.717) is 31.0 Å². The van der Waals surface area contributed by atoms with Crippen molar-refractivity contribution in [3.63, 3.8) is 0 Å². The van der Waals surface area contributed by atoms with E-state index >= 15 is 0 Å². The van der Waals surface area contributed by atoms with E-state index in [-0.39, 0.29) is 18.3 Å². The van der Waals surface area contributed by atoms with Crippen molar-refractivity contribution >= 4 is 29.4 Å². The van der Waals surface area contributed by atoms with Crippen LogP contribution in [-0.2, 0) is 9.31 Å². The zero-order valence-corrected chi connectivity index (χ0v) is 19.6. The number of nitrogens with one attached hydrogen (secondary N) is 1. The summed E-state index contributed by atoms with van der Waals surface area (Å²) in [6, 6.07) is 7.00. The Labute approximate surface area is 190 Å². The first kappa shape index (κ1) is 22.0.